The van der Waals surface area contributed by atoms with E-state index in [1.54, 1.807) is 12.4 Å². The fraction of sp³-hybridized carbons (Fsp3) is 0.486. The second-order valence-corrected chi connectivity index (χ2v) is 15.3. The van der Waals surface area contributed by atoms with Crippen molar-refractivity contribution in [2.45, 2.75) is 68.7 Å². The lowest BCUT2D eigenvalue weighted by Gasteiger charge is -2.47. The van der Waals surface area contributed by atoms with Gasteiger partial charge in [0.15, 0.2) is 0 Å². The lowest BCUT2D eigenvalue weighted by atomic mass is 9.64. The molecule has 47 heavy (non-hydrogen) atoms. The summed E-state index contributed by atoms with van der Waals surface area (Å²) in [5.41, 5.74) is 10.6. The molecule has 7 aliphatic rings. The summed E-state index contributed by atoms with van der Waals surface area (Å²) in [6.45, 7) is 1.40. The highest BCUT2D eigenvalue weighted by atomic mass is 16.2. The van der Waals surface area contributed by atoms with Crippen molar-refractivity contribution in [2.24, 2.45) is 29.6 Å². The molecule has 0 spiro atoms. The molecule has 3 amide bonds. The van der Waals surface area contributed by atoms with E-state index in [0.717, 1.165) is 71.6 Å². The summed E-state index contributed by atoms with van der Waals surface area (Å²) >= 11 is 0. The number of piperidine rings is 1. The van der Waals surface area contributed by atoms with E-state index in [1.807, 2.05) is 51.9 Å². The number of rotatable bonds is 6. The van der Waals surface area contributed by atoms with Gasteiger partial charge in [0.2, 0.25) is 0 Å². The van der Waals surface area contributed by atoms with Gasteiger partial charge < -0.3 is 21.3 Å². The van der Waals surface area contributed by atoms with E-state index in [1.165, 1.54) is 44.1 Å². The first kappa shape index (κ1) is 27.6. The first-order chi connectivity index (χ1) is 22.9. The van der Waals surface area contributed by atoms with Crippen molar-refractivity contribution in [3.05, 3.63) is 71.9 Å². The van der Waals surface area contributed by atoms with E-state index < -0.39 is 0 Å². The Kier molecular flexibility index (Phi) is 5.89. The Morgan fingerprint density at radius 1 is 0.979 bits per heavy atom. The molecular weight excluding hydrogens is 588 g/mol. The topological polar surface area (TPSA) is 131 Å². The number of carbonyl (C=O) groups excluding carboxylic acids is 2. The van der Waals surface area contributed by atoms with E-state index in [-0.39, 0.29) is 23.4 Å². The number of carbonyl (C=O) groups is 2. The molecule has 10 heteroatoms. The zero-order chi connectivity index (χ0) is 31.4. The van der Waals surface area contributed by atoms with Crippen LogP contribution >= 0.6 is 0 Å². The van der Waals surface area contributed by atoms with Crippen molar-refractivity contribution in [3.8, 4) is 11.3 Å². The van der Waals surface area contributed by atoms with Crippen molar-refractivity contribution in [3.63, 3.8) is 0 Å². The van der Waals surface area contributed by atoms with Crippen LogP contribution in [-0.2, 0) is 0 Å². The van der Waals surface area contributed by atoms with Gasteiger partial charge in [-0.1, -0.05) is 12.1 Å². The number of nitrogens with one attached hydrogen (secondary N) is 2. The van der Waals surface area contributed by atoms with Gasteiger partial charge in [0.05, 0.1) is 0 Å². The molecule has 7 unspecified atom stereocenters. The van der Waals surface area contributed by atoms with E-state index >= 15 is 0 Å². The maximum absolute atomic E-state index is 13.8. The van der Waals surface area contributed by atoms with Crippen molar-refractivity contribution in [2.75, 3.05) is 24.1 Å². The highest BCUT2D eigenvalue weighted by molar-refractivity contribution is 6.04. The van der Waals surface area contributed by atoms with Gasteiger partial charge in [0, 0.05) is 54.3 Å². The Hall–Kier alpha value is -4.47. The third kappa shape index (κ3) is 4.39. The number of nitrogens with zero attached hydrogens (tertiary/aromatic N) is 5. The molecule has 4 heterocycles. The highest BCUT2D eigenvalue weighted by Crippen LogP contribution is 2.76. The largest absolute Gasteiger partial charge is 0.382 e. The Morgan fingerprint density at radius 3 is 2.68 bits per heavy atom. The average Bonchev–Trinajstić information content (AvgIpc) is 4.00. The van der Waals surface area contributed by atoms with Gasteiger partial charge in [0.25, 0.3) is 5.91 Å². The molecule has 0 radical (unpaired) electrons. The van der Waals surface area contributed by atoms with Gasteiger partial charge in [-0.3, -0.25) is 9.20 Å². The van der Waals surface area contributed by atoms with E-state index in [0.29, 0.717) is 29.7 Å². The molecular formula is C37H40N8O2. The first-order valence-corrected chi connectivity index (χ1v) is 17.5. The number of pyridine rings is 1. The number of hydrogen-bond donors (Lipinski definition) is 3. The summed E-state index contributed by atoms with van der Waals surface area (Å²) in [4.78, 5) is 42.9. The molecule has 4 N–H and O–H groups in total. The minimum Gasteiger partial charge on any atom is -0.382 e. The van der Waals surface area contributed by atoms with Gasteiger partial charge in [0.1, 0.15) is 28.7 Å². The van der Waals surface area contributed by atoms with Gasteiger partial charge in [-0.05, 0) is 117 Å². The predicted molar refractivity (Wildman–Crippen MR) is 178 cm³/mol. The number of urea groups is 1. The van der Waals surface area contributed by atoms with Crippen LogP contribution < -0.4 is 16.4 Å². The van der Waals surface area contributed by atoms with Crippen LogP contribution in [0.25, 0.3) is 16.8 Å². The van der Waals surface area contributed by atoms with Crippen LogP contribution in [0, 0.1) is 29.6 Å². The Bertz CT molecular complexity index is 1930. The maximum Gasteiger partial charge on any atom is 0.317 e. The predicted octanol–water partition coefficient (Wildman–Crippen LogP) is 5.83. The van der Waals surface area contributed by atoms with Crippen molar-refractivity contribution in [1.82, 2.24) is 29.6 Å². The summed E-state index contributed by atoms with van der Waals surface area (Å²) in [6.07, 6.45) is 14.8. The molecule has 1 aliphatic heterocycles. The minimum atomic E-state index is -0.204. The molecule has 6 saturated carbocycles. The zero-order valence-electron chi connectivity index (χ0n) is 26.4. The summed E-state index contributed by atoms with van der Waals surface area (Å²) in [6, 6.07) is 11.5. The van der Waals surface area contributed by atoms with Gasteiger partial charge >= 0.3 is 6.03 Å². The van der Waals surface area contributed by atoms with E-state index in [4.69, 9.17) is 10.7 Å². The number of likely N-dealkylation sites (tertiary alicyclic amines) is 1. The third-order valence-electron chi connectivity index (χ3n) is 12.5. The molecule has 6 aliphatic carbocycles. The normalized spacial score (nSPS) is 31.6. The molecule has 10 nitrogen and oxygen atoms in total. The number of nitrogen functional groups attached to an aromatic ring is 1. The SMILES string of the molecule is Nc1nccn2c(C3CCCN(C(=O)NC45CC6CC(C4)C4C(C6)C45)C3)nc(-c3ccc(C(=O)Nc4cc(C5CC5)ccn4)cc3)c12. The number of hydrogen-bond acceptors (Lipinski definition) is 6. The summed E-state index contributed by atoms with van der Waals surface area (Å²) < 4.78 is 2.05. The molecule has 7 atom stereocenters. The molecule has 3 aromatic heterocycles. The van der Waals surface area contributed by atoms with Crippen molar-refractivity contribution < 1.29 is 9.59 Å². The Balaban J connectivity index is 0.888. The van der Waals surface area contributed by atoms with Gasteiger partial charge in [-0.15, -0.1) is 0 Å². The van der Waals surface area contributed by atoms with Crippen LogP contribution in [-0.4, -0.2) is 54.8 Å². The van der Waals surface area contributed by atoms with Crippen LogP contribution in [0.15, 0.2) is 55.0 Å². The minimum absolute atomic E-state index is 0.0404. The fourth-order valence-corrected chi connectivity index (χ4v) is 10.5. The second kappa shape index (κ2) is 10.0. The number of anilines is 2. The lowest BCUT2D eigenvalue weighted by Crippen LogP contribution is -2.59. The van der Waals surface area contributed by atoms with Crippen molar-refractivity contribution in [1.29, 1.82) is 0 Å². The monoisotopic (exact) mass is 628 g/mol. The summed E-state index contributed by atoms with van der Waals surface area (Å²) in [5, 5.41) is 6.57. The molecule has 4 bridgehead atoms. The molecule has 240 valence electrons. The maximum atomic E-state index is 13.8. The molecule has 1 aromatic carbocycles. The molecule has 11 rings (SSSR count). The summed E-state index contributed by atoms with van der Waals surface area (Å²) in [5.74, 6) is 6.43. The quantitative estimate of drug-likeness (QED) is 0.247. The van der Waals surface area contributed by atoms with Crippen LogP contribution in [0.4, 0.5) is 16.4 Å². The average molecular weight is 629 g/mol. The number of aromatic nitrogens is 4. The number of imidazole rings is 1. The standard InChI is InChI=1S/C37H40N8O2/c38-33-32-31(22-5-7-23(8-6-22)35(46)41-28-16-24(9-10-39-28)21-3-4-21)42-34(45(32)13-11-40-33)25-2-1-12-44(19-25)36(47)43-37-17-20-14-26(18-37)29-27(15-20)30(29)37/h5-11,13,16,20-21,25-27,29-30H,1-4,12,14-15,17-19H2,(H2,38,40)(H,43,47)(H,39,41,46). The number of benzene rings is 1. The molecule has 1 saturated heterocycles. The van der Waals surface area contributed by atoms with Crippen LogP contribution in [0.1, 0.15) is 84.9 Å². The van der Waals surface area contributed by atoms with Gasteiger partial charge in [-0.25, -0.2) is 19.7 Å². The van der Waals surface area contributed by atoms with Gasteiger partial charge in [-0.2, -0.15) is 0 Å². The number of fused-ring (bicyclic) bond motifs is 1. The van der Waals surface area contributed by atoms with E-state index in [9.17, 15) is 9.59 Å². The number of amides is 3. The third-order valence-corrected chi connectivity index (χ3v) is 12.5. The van der Waals surface area contributed by atoms with Crippen LogP contribution in [0.5, 0.6) is 0 Å². The van der Waals surface area contributed by atoms with E-state index in [2.05, 4.69) is 20.6 Å². The molecule has 4 aromatic rings. The van der Waals surface area contributed by atoms with Crippen LogP contribution in [0.2, 0.25) is 0 Å². The van der Waals surface area contributed by atoms with Crippen molar-refractivity contribution >= 4 is 29.1 Å². The smallest absolute Gasteiger partial charge is 0.317 e. The Morgan fingerprint density at radius 2 is 1.85 bits per heavy atom. The first-order valence-electron chi connectivity index (χ1n) is 17.5. The Labute approximate surface area is 273 Å². The van der Waals surface area contributed by atoms with Crippen LogP contribution in [0.3, 0.4) is 0 Å². The fourth-order valence-electron chi connectivity index (χ4n) is 10.5. The summed E-state index contributed by atoms with van der Waals surface area (Å²) in [7, 11) is 0. The second-order valence-electron chi connectivity index (χ2n) is 15.3. The number of nitrogens with two attached hydrogens (primary N) is 1. The zero-order valence-corrected chi connectivity index (χ0v) is 26.4. The highest BCUT2D eigenvalue weighted by Gasteiger charge is 2.75. The molecule has 7 fully saturated rings. The lowest BCUT2D eigenvalue weighted by molar-refractivity contribution is 0.0762.